The van der Waals surface area contributed by atoms with Crippen molar-refractivity contribution >= 4 is 23.4 Å². The van der Waals surface area contributed by atoms with Gasteiger partial charge < -0.3 is 14.8 Å². The first-order valence-corrected chi connectivity index (χ1v) is 5.00. The summed E-state index contributed by atoms with van der Waals surface area (Å²) in [5.74, 6) is 0.281. The smallest absolute Gasteiger partial charge is 0.325 e. The van der Waals surface area contributed by atoms with Gasteiger partial charge in [-0.3, -0.25) is 4.79 Å². The van der Waals surface area contributed by atoms with Crippen LogP contribution in [0.5, 0.6) is 5.75 Å². The Morgan fingerprint density at radius 2 is 2.31 bits per heavy atom. The van der Waals surface area contributed by atoms with Gasteiger partial charge in [-0.05, 0) is 6.92 Å². The fourth-order valence-electron chi connectivity index (χ4n) is 1.03. The number of nitrogens with one attached hydrogen (secondary N) is 1. The molecule has 0 aliphatic rings. The van der Waals surface area contributed by atoms with Gasteiger partial charge in [0.15, 0.2) is 16.7 Å². The molecule has 0 aliphatic heterocycles. The summed E-state index contributed by atoms with van der Waals surface area (Å²) in [6, 6.07) is 0. The number of esters is 1. The molecule has 0 atom stereocenters. The van der Waals surface area contributed by atoms with E-state index < -0.39 is 0 Å². The van der Waals surface area contributed by atoms with Gasteiger partial charge in [0.25, 0.3) is 0 Å². The molecule has 0 bridgehead atoms. The van der Waals surface area contributed by atoms with Crippen LogP contribution in [0.2, 0.25) is 5.15 Å². The summed E-state index contributed by atoms with van der Waals surface area (Å²) in [7, 11) is 1.44. The number of hydrogen-bond acceptors (Lipinski definition) is 6. The Labute approximate surface area is 97.9 Å². The predicted octanol–water partition coefficient (Wildman–Crippen LogP) is 1.11. The molecule has 0 radical (unpaired) electrons. The van der Waals surface area contributed by atoms with Gasteiger partial charge in [-0.2, -0.15) is 0 Å². The van der Waals surface area contributed by atoms with Crippen molar-refractivity contribution in [1.82, 2.24) is 9.97 Å². The molecule has 0 aromatic carbocycles. The second-order valence-electron chi connectivity index (χ2n) is 2.70. The standard InChI is InChI=1S/C9H12ClN3O3/c1-3-16-6(14)4-11-9-7(15-2)8(10)12-5-13-9/h5H,3-4H2,1-2H3,(H,11,12,13). The molecular weight excluding hydrogens is 234 g/mol. The number of carbonyl (C=O) groups is 1. The lowest BCUT2D eigenvalue weighted by Crippen LogP contribution is -2.17. The average Bonchev–Trinajstić information content (AvgIpc) is 2.27. The van der Waals surface area contributed by atoms with Gasteiger partial charge in [0.2, 0.25) is 0 Å². The molecule has 7 heteroatoms. The van der Waals surface area contributed by atoms with Crippen LogP contribution in [-0.2, 0) is 9.53 Å². The number of aromatic nitrogens is 2. The third-order valence-corrected chi connectivity index (χ3v) is 1.94. The minimum Gasteiger partial charge on any atom is -0.490 e. The number of rotatable bonds is 5. The molecule has 1 heterocycles. The van der Waals surface area contributed by atoms with Crippen LogP contribution in [-0.4, -0.2) is 36.2 Å². The van der Waals surface area contributed by atoms with Gasteiger partial charge in [0.05, 0.1) is 13.7 Å². The molecule has 0 aliphatic carbocycles. The maximum Gasteiger partial charge on any atom is 0.325 e. The Morgan fingerprint density at radius 3 is 2.94 bits per heavy atom. The highest BCUT2D eigenvalue weighted by Crippen LogP contribution is 2.27. The van der Waals surface area contributed by atoms with Gasteiger partial charge in [-0.25, -0.2) is 9.97 Å². The molecule has 0 amide bonds. The monoisotopic (exact) mass is 245 g/mol. The lowest BCUT2D eigenvalue weighted by Gasteiger charge is -2.09. The van der Waals surface area contributed by atoms with Crippen molar-refractivity contribution in [2.75, 3.05) is 25.6 Å². The van der Waals surface area contributed by atoms with Crippen molar-refractivity contribution in [3.05, 3.63) is 11.5 Å². The molecule has 88 valence electrons. The van der Waals surface area contributed by atoms with Crippen LogP contribution in [0.25, 0.3) is 0 Å². The second-order valence-corrected chi connectivity index (χ2v) is 3.06. The van der Waals surface area contributed by atoms with E-state index in [9.17, 15) is 4.79 Å². The highest BCUT2D eigenvalue weighted by Gasteiger charge is 2.11. The van der Waals surface area contributed by atoms with E-state index in [1.54, 1.807) is 6.92 Å². The number of methoxy groups -OCH3 is 1. The second kappa shape index (κ2) is 6.12. The van der Waals surface area contributed by atoms with Gasteiger partial charge >= 0.3 is 5.97 Å². The minimum absolute atomic E-state index is 0.00244. The van der Waals surface area contributed by atoms with E-state index in [2.05, 4.69) is 15.3 Å². The van der Waals surface area contributed by atoms with Crippen molar-refractivity contribution in [2.24, 2.45) is 0 Å². The quantitative estimate of drug-likeness (QED) is 0.619. The Kier molecular flexibility index (Phi) is 4.78. The third-order valence-electron chi connectivity index (χ3n) is 1.67. The Balaban J connectivity index is 2.66. The van der Waals surface area contributed by atoms with Gasteiger partial charge in [-0.1, -0.05) is 11.6 Å². The zero-order valence-corrected chi connectivity index (χ0v) is 9.74. The summed E-state index contributed by atoms with van der Waals surface area (Å²) in [6.07, 6.45) is 1.28. The minimum atomic E-state index is -0.376. The van der Waals surface area contributed by atoms with Crippen molar-refractivity contribution in [2.45, 2.75) is 6.92 Å². The first kappa shape index (κ1) is 12.5. The van der Waals surface area contributed by atoms with Gasteiger partial charge in [0.1, 0.15) is 12.9 Å². The number of anilines is 1. The van der Waals surface area contributed by atoms with Crippen LogP contribution >= 0.6 is 11.6 Å². The van der Waals surface area contributed by atoms with Crippen molar-refractivity contribution < 1.29 is 14.3 Å². The summed E-state index contributed by atoms with van der Waals surface area (Å²) in [4.78, 5) is 18.7. The largest absolute Gasteiger partial charge is 0.490 e. The van der Waals surface area contributed by atoms with Crippen molar-refractivity contribution in [1.29, 1.82) is 0 Å². The first-order valence-electron chi connectivity index (χ1n) is 4.63. The number of nitrogens with zero attached hydrogens (tertiary/aromatic N) is 2. The maximum atomic E-state index is 11.1. The molecule has 1 aromatic rings. The van der Waals surface area contributed by atoms with Crippen LogP contribution in [0.1, 0.15) is 6.92 Å². The molecule has 1 N–H and O–H groups in total. The van der Waals surface area contributed by atoms with E-state index in [-0.39, 0.29) is 17.7 Å². The van der Waals surface area contributed by atoms with Crippen LogP contribution in [0.4, 0.5) is 5.82 Å². The first-order chi connectivity index (χ1) is 7.69. The van der Waals surface area contributed by atoms with E-state index in [4.69, 9.17) is 21.1 Å². The van der Waals surface area contributed by atoms with E-state index in [0.717, 1.165) is 0 Å². The zero-order chi connectivity index (χ0) is 12.0. The molecule has 0 saturated carbocycles. The molecule has 16 heavy (non-hydrogen) atoms. The molecule has 1 rings (SSSR count). The van der Waals surface area contributed by atoms with E-state index in [1.165, 1.54) is 13.4 Å². The topological polar surface area (TPSA) is 73.3 Å². The maximum absolute atomic E-state index is 11.1. The van der Waals surface area contributed by atoms with E-state index in [1.807, 2.05) is 0 Å². The van der Waals surface area contributed by atoms with Crippen molar-refractivity contribution in [3.8, 4) is 5.75 Å². The lowest BCUT2D eigenvalue weighted by atomic mass is 10.5. The molecule has 0 unspecified atom stereocenters. The Morgan fingerprint density at radius 1 is 1.56 bits per heavy atom. The predicted molar refractivity (Wildman–Crippen MR) is 58.7 cm³/mol. The van der Waals surface area contributed by atoms with E-state index >= 15 is 0 Å². The summed E-state index contributed by atoms with van der Waals surface area (Å²) >= 11 is 5.77. The number of halogens is 1. The van der Waals surface area contributed by atoms with Crippen LogP contribution < -0.4 is 10.1 Å². The fourth-order valence-corrected chi connectivity index (χ4v) is 1.24. The van der Waals surface area contributed by atoms with Crippen molar-refractivity contribution in [3.63, 3.8) is 0 Å². The molecule has 6 nitrogen and oxygen atoms in total. The van der Waals surface area contributed by atoms with Crippen LogP contribution in [0, 0.1) is 0 Å². The Bertz CT molecular complexity index is 373. The highest BCUT2D eigenvalue weighted by atomic mass is 35.5. The zero-order valence-electron chi connectivity index (χ0n) is 8.99. The summed E-state index contributed by atoms with van der Waals surface area (Å²) in [5, 5.41) is 2.94. The Hall–Kier alpha value is -1.56. The summed E-state index contributed by atoms with van der Waals surface area (Å²) < 4.78 is 9.75. The fraction of sp³-hybridized carbons (Fsp3) is 0.444. The number of ether oxygens (including phenoxy) is 2. The molecule has 0 fully saturated rings. The summed E-state index contributed by atoms with van der Waals surface area (Å²) in [6.45, 7) is 2.07. The normalized spacial score (nSPS) is 9.69. The summed E-state index contributed by atoms with van der Waals surface area (Å²) in [5.41, 5.74) is 0. The SMILES string of the molecule is CCOC(=O)CNc1ncnc(Cl)c1OC. The molecular formula is C9H12ClN3O3. The molecule has 0 spiro atoms. The molecule has 0 saturated heterocycles. The number of carbonyl (C=O) groups excluding carboxylic acids is 1. The third kappa shape index (κ3) is 3.23. The van der Waals surface area contributed by atoms with Crippen LogP contribution in [0.15, 0.2) is 6.33 Å². The van der Waals surface area contributed by atoms with Gasteiger partial charge in [0, 0.05) is 0 Å². The van der Waals surface area contributed by atoms with E-state index in [0.29, 0.717) is 18.2 Å². The molecule has 1 aromatic heterocycles. The van der Waals surface area contributed by atoms with Crippen LogP contribution in [0.3, 0.4) is 0 Å². The highest BCUT2D eigenvalue weighted by molar-refractivity contribution is 6.31. The van der Waals surface area contributed by atoms with Gasteiger partial charge in [-0.15, -0.1) is 0 Å². The lowest BCUT2D eigenvalue weighted by molar-refractivity contribution is -0.140. The number of hydrogen-bond donors (Lipinski definition) is 1. The average molecular weight is 246 g/mol.